The van der Waals surface area contributed by atoms with Gasteiger partial charge in [0.2, 0.25) is 0 Å². The van der Waals surface area contributed by atoms with Crippen LogP contribution in [-0.4, -0.2) is 35.5 Å². The molecule has 1 atom stereocenters. The summed E-state index contributed by atoms with van der Waals surface area (Å²) in [6.45, 7) is 11.3. The molecular weight excluding hydrogens is 262 g/mol. The molecule has 0 spiro atoms. The van der Waals surface area contributed by atoms with Crippen molar-refractivity contribution in [2.45, 2.75) is 52.0 Å². The molecule has 0 heterocycles. The maximum atomic E-state index is 9.27. The highest BCUT2D eigenvalue weighted by atomic mass is 16.3. The molecule has 1 aromatic rings. The number of nitrogens with one attached hydrogen (secondary N) is 1. The van der Waals surface area contributed by atoms with E-state index < -0.39 is 5.54 Å². The Hall–Kier alpha value is -0.900. The Balaban J connectivity index is 2.54. The largest absolute Gasteiger partial charge is 0.394 e. The summed E-state index contributed by atoms with van der Waals surface area (Å²) < 4.78 is 0. The number of rotatable bonds is 7. The van der Waals surface area contributed by atoms with Gasteiger partial charge >= 0.3 is 0 Å². The lowest BCUT2D eigenvalue weighted by molar-refractivity contribution is 0.101. The lowest BCUT2D eigenvalue weighted by Crippen LogP contribution is -2.50. The Bertz CT molecular complexity index is 416. The standard InChI is InChI=1S/C18H31NO2/c1-14(11-19-18(5,12-20)13-21)10-15-6-8-16(9-7-15)17(2,3)4/h6-9,14,19-21H,10-13H2,1-5H3. The zero-order valence-corrected chi connectivity index (χ0v) is 14.1. The summed E-state index contributed by atoms with van der Waals surface area (Å²) >= 11 is 0. The maximum absolute atomic E-state index is 9.27. The van der Waals surface area contributed by atoms with Crippen molar-refractivity contribution in [1.82, 2.24) is 5.32 Å². The topological polar surface area (TPSA) is 52.5 Å². The Morgan fingerprint density at radius 2 is 1.52 bits per heavy atom. The van der Waals surface area contributed by atoms with Gasteiger partial charge in [0.25, 0.3) is 0 Å². The summed E-state index contributed by atoms with van der Waals surface area (Å²) in [7, 11) is 0. The SMILES string of the molecule is CC(CNC(C)(CO)CO)Cc1ccc(C(C)(C)C)cc1. The summed E-state index contributed by atoms with van der Waals surface area (Å²) in [5, 5.41) is 21.8. The fourth-order valence-corrected chi connectivity index (χ4v) is 2.20. The third kappa shape index (κ3) is 5.77. The van der Waals surface area contributed by atoms with Crippen molar-refractivity contribution < 1.29 is 10.2 Å². The van der Waals surface area contributed by atoms with Crippen LogP contribution in [0.15, 0.2) is 24.3 Å². The molecule has 3 heteroatoms. The van der Waals surface area contributed by atoms with E-state index in [0.717, 1.165) is 13.0 Å². The molecule has 0 aliphatic rings. The van der Waals surface area contributed by atoms with Crippen LogP contribution < -0.4 is 5.32 Å². The fourth-order valence-electron chi connectivity index (χ4n) is 2.20. The summed E-state index contributed by atoms with van der Waals surface area (Å²) in [5.41, 5.74) is 2.28. The van der Waals surface area contributed by atoms with Crippen molar-refractivity contribution in [3.05, 3.63) is 35.4 Å². The maximum Gasteiger partial charge on any atom is 0.0633 e. The molecule has 0 fully saturated rings. The number of aliphatic hydroxyl groups is 2. The molecule has 21 heavy (non-hydrogen) atoms. The van der Waals surface area contributed by atoms with Gasteiger partial charge in [0.15, 0.2) is 0 Å². The first-order chi connectivity index (χ1) is 9.70. The minimum atomic E-state index is -0.593. The van der Waals surface area contributed by atoms with Crippen LogP contribution in [0.5, 0.6) is 0 Å². The average Bonchev–Trinajstić information content (AvgIpc) is 2.44. The van der Waals surface area contributed by atoms with Crippen LogP contribution in [0, 0.1) is 5.92 Å². The molecule has 0 aliphatic heterocycles. The highest BCUT2D eigenvalue weighted by molar-refractivity contribution is 5.27. The van der Waals surface area contributed by atoms with Gasteiger partial charge in [-0.3, -0.25) is 0 Å². The molecule has 1 rings (SSSR count). The number of hydrogen-bond donors (Lipinski definition) is 3. The molecule has 120 valence electrons. The highest BCUT2D eigenvalue weighted by Crippen LogP contribution is 2.22. The smallest absolute Gasteiger partial charge is 0.0633 e. The van der Waals surface area contributed by atoms with E-state index in [2.05, 4.69) is 57.3 Å². The second-order valence-electron chi connectivity index (χ2n) is 7.51. The van der Waals surface area contributed by atoms with Crippen LogP contribution in [0.25, 0.3) is 0 Å². The average molecular weight is 293 g/mol. The third-order valence-electron chi connectivity index (χ3n) is 3.98. The van der Waals surface area contributed by atoms with Gasteiger partial charge in [-0.25, -0.2) is 0 Å². The van der Waals surface area contributed by atoms with Gasteiger partial charge in [-0.1, -0.05) is 52.0 Å². The molecule has 3 N–H and O–H groups in total. The molecule has 3 nitrogen and oxygen atoms in total. The Labute approximate surface area is 129 Å². The van der Waals surface area contributed by atoms with Crippen LogP contribution in [0.4, 0.5) is 0 Å². The van der Waals surface area contributed by atoms with Crippen molar-refractivity contribution in [3.63, 3.8) is 0 Å². The van der Waals surface area contributed by atoms with E-state index in [1.807, 2.05) is 6.92 Å². The normalized spacial score (nSPS) is 14.2. The Morgan fingerprint density at radius 1 is 1.00 bits per heavy atom. The van der Waals surface area contributed by atoms with Crippen LogP contribution in [0.2, 0.25) is 0 Å². The Kier molecular flexibility index (Phi) is 6.39. The molecule has 0 radical (unpaired) electrons. The van der Waals surface area contributed by atoms with Gasteiger partial charge in [-0.05, 0) is 42.3 Å². The first-order valence-electron chi connectivity index (χ1n) is 7.76. The first-order valence-corrected chi connectivity index (χ1v) is 7.76. The lowest BCUT2D eigenvalue weighted by Gasteiger charge is -2.28. The zero-order valence-electron chi connectivity index (χ0n) is 14.1. The van der Waals surface area contributed by atoms with Crippen LogP contribution in [-0.2, 0) is 11.8 Å². The zero-order chi connectivity index (χ0) is 16.1. The van der Waals surface area contributed by atoms with Gasteiger partial charge in [0.1, 0.15) is 0 Å². The van der Waals surface area contributed by atoms with Crippen LogP contribution >= 0.6 is 0 Å². The van der Waals surface area contributed by atoms with E-state index in [0.29, 0.717) is 5.92 Å². The summed E-state index contributed by atoms with van der Waals surface area (Å²) in [5.74, 6) is 0.447. The monoisotopic (exact) mass is 293 g/mol. The van der Waals surface area contributed by atoms with Gasteiger partial charge in [-0.2, -0.15) is 0 Å². The molecule has 1 unspecified atom stereocenters. The number of benzene rings is 1. The van der Waals surface area contributed by atoms with Gasteiger partial charge < -0.3 is 15.5 Å². The second-order valence-corrected chi connectivity index (χ2v) is 7.51. The van der Waals surface area contributed by atoms with Crippen molar-refractivity contribution in [1.29, 1.82) is 0 Å². The predicted molar refractivity (Wildman–Crippen MR) is 88.6 cm³/mol. The summed E-state index contributed by atoms with van der Waals surface area (Å²) in [6, 6.07) is 8.82. The number of hydrogen-bond acceptors (Lipinski definition) is 3. The summed E-state index contributed by atoms with van der Waals surface area (Å²) in [4.78, 5) is 0. The molecule has 0 saturated heterocycles. The molecule has 0 saturated carbocycles. The minimum absolute atomic E-state index is 0.0590. The molecule has 0 aliphatic carbocycles. The van der Waals surface area contributed by atoms with Gasteiger partial charge in [0, 0.05) is 0 Å². The third-order valence-corrected chi connectivity index (χ3v) is 3.98. The minimum Gasteiger partial charge on any atom is -0.394 e. The second kappa shape index (κ2) is 7.39. The predicted octanol–water partition coefficient (Wildman–Crippen LogP) is 2.50. The molecule has 0 aromatic heterocycles. The molecule has 1 aromatic carbocycles. The fraction of sp³-hybridized carbons (Fsp3) is 0.667. The van der Waals surface area contributed by atoms with E-state index in [-0.39, 0.29) is 18.6 Å². The first kappa shape index (κ1) is 18.1. The van der Waals surface area contributed by atoms with Crippen LogP contribution in [0.1, 0.15) is 45.7 Å². The van der Waals surface area contributed by atoms with E-state index in [1.54, 1.807) is 0 Å². The number of aliphatic hydroxyl groups excluding tert-OH is 2. The molecule has 0 bridgehead atoms. The van der Waals surface area contributed by atoms with Gasteiger partial charge in [-0.15, -0.1) is 0 Å². The Morgan fingerprint density at radius 3 is 1.95 bits per heavy atom. The van der Waals surface area contributed by atoms with E-state index in [9.17, 15) is 10.2 Å². The summed E-state index contributed by atoms with van der Waals surface area (Å²) in [6.07, 6.45) is 0.990. The van der Waals surface area contributed by atoms with Crippen molar-refractivity contribution in [3.8, 4) is 0 Å². The van der Waals surface area contributed by atoms with Gasteiger partial charge in [0.05, 0.1) is 18.8 Å². The van der Waals surface area contributed by atoms with E-state index >= 15 is 0 Å². The van der Waals surface area contributed by atoms with Crippen molar-refractivity contribution in [2.24, 2.45) is 5.92 Å². The van der Waals surface area contributed by atoms with Crippen molar-refractivity contribution in [2.75, 3.05) is 19.8 Å². The van der Waals surface area contributed by atoms with E-state index in [1.165, 1.54) is 11.1 Å². The highest BCUT2D eigenvalue weighted by Gasteiger charge is 2.22. The molecule has 0 amide bonds. The van der Waals surface area contributed by atoms with Crippen LogP contribution in [0.3, 0.4) is 0 Å². The van der Waals surface area contributed by atoms with E-state index in [4.69, 9.17) is 0 Å². The van der Waals surface area contributed by atoms with Crippen molar-refractivity contribution >= 4 is 0 Å². The molecular formula is C18H31NO2. The lowest BCUT2D eigenvalue weighted by atomic mass is 9.86. The quantitative estimate of drug-likeness (QED) is 0.724.